The monoisotopic (exact) mass is 209 g/mol. The van der Waals surface area contributed by atoms with E-state index in [1.165, 1.54) is 0 Å². The van der Waals surface area contributed by atoms with E-state index in [4.69, 9.17) is 4.74 Å². The average molecular weight is 209 g/mol. The lowest BCUT2D eigenvalue weighted by Crippen LogP contribution is -2.49. The number of alkyl halides is 1. The molecule has 3 heteroatoms. The molecule has 1 heterocycles. The van der Waals surface area contributed by atoms with E-state index < -0.39 is 0 Å². The van der Waals surface area contributed by atoms with Crippen molar-refractivity contribution in [2.45, 2.75) is 0 Å². The maximum atomic E-state index is 12.1. The molecule has 0 aromatic heterocycles. The van der Waals surface area contributed by atoms with E-state index in [1.807, 2.05) is 30.3 Å². The molecule has 0 aliphatic carbocycles. The van der Waals surface area contributed by atoms with Crippen molar-refractivity contribution in [1.82, 2.24) is 4.90 Å². The molecule has 1 aliphatic heterocycles. The highest BCUT2D eigenvalue weighted by Gasteiger charge is 2.25. The van der Waals surface area contributed by atoms with Crippen LogP contribution in [0.25, 0.3) is 0 Å². The Morgan fingerprint density at radius 3 is 2.67 bits per heavy atom. The highest BCUT2D eigenvalue weighted by molar-refractivity contribution is 5.20. The lowest BCUT2D eigenvalue weighted by atomic mass is 10.0. The van der Waals surface area contributed by atoms with Gasteiger partial charge in [0.05, 0.1) is 6.67 Å². The molecule has 0 unspecified atom stereocenters. The van der Waals surface area contributed by atoms with Crippen LogP contribution in [0.2, 0.25) is 0 Å². The molecule has 0 spiro atoms. The minimum Gasteiger partial charge on any atom is -0.492 e. The molecule has 0 N–H and O–H groups in total. The summed E-state index contributed by atoms with van der Waals surface area (Å²) in [5.74, 6) is 1.17. The minimum atomic E-state index is -0.184. The van der Waals surface area contributed by atoms with E-state index >= 15 is 0 Å². The summed E-state index contributed by atoms with van der Waals surface area (Å²) in [5, 5.41) is 0. The Hall–Kier alpha value is -1.09. The van der Waals surface area contributed by atoms with E-state index in [0.29, 0.717) is 6.61 Å². The van der Waals surface area contributed by atoms with Crippen LogP contribution in [-0.2, 0) is 0 Å². The van der Waals surface area contributed by atoms with E-state index in [2.05, 4.69) is 4.90 Å². The Kier molecular flexibility index (Phi) is 3.56. The molecular weight excluding hydrogens is 193 g/mol. The molecule has 2 rings (SSSR count). The van der Waals surface area contributed by atoms with Crippen LogP contribution in [0.5, 0.6) is 5.75 Å². The first kappa shape index (κ1) is 10.4. The van der Waals surface area contributed by atoms with Crippen LogP contribution < -0.4 is 4.74 Å². The third-order valence-corrected chi connectivity index (χ3v) is 2.67. The summed E-state index contributed by atoms with van der Waals surface area (Å²) < 4.78 is 17.7. The maximum Gasteiger partial charge on any atom is 0.119 e. The lowest BCUT2D eigenvalue weighted by molar-refractivity contribution is 0.0668. The van der Waals surface area contributed by atoms with Crippen LogP contribution in [0.1, 0.15) is 0 Å². The first-order valence-electron chi connectivity index (χ1n) is 5.34. The van der Waals surface area contributed by atoms with Gasteiger partial charge in [0, 0.05) is 25.6 Å². The van der Waals surface area contributed by atoms with Crippen molar-refractivity contribution >= 4 is 0 Å². The van der Waals surface area contributed by atoms with Gasteiger partial charge >= 0.3 is 0 Å². The maximum absolute atomic E-state index is 12.1. The SMILES string of the molecule is FCC1CN(CCOc2ccccc2)C1. The van der Waals surface area contributed by atoms with Gasteiger partial charge in [0.25, 0.3) is 0 Å². The summed E-state index contributed by atoms with van der Waals surface area (Å²) in [6.45, 7) is 3.16. The van der Waals surface area contributed by atoms with Gasteiger partial charge in [0.2, 0.25) is 0 Å². The Bertz CT molecular complexity index is 285. The quantitative estimate of drug-likeness (QED) is 0.735. The largest absolute Gasteiger partial charge is 0.492 e. The van der Waals surface area contributed by atoms with Crippen LogP contribution in [-0.4, -0.2) is 37.8 Å². The Labute approximate surface area is 89.7 Å². The Balaban J connectivity index is 1.60. The molecule has 0 radical (unpaired) electrons. The van der Waals surface area contributed by atoms with E-state index in [9.17, 15) is 4.39 Å². The van der Waals surface area contributed by atoms with Gasteiger partial charge in [0.1, 0.15) is 12.4 Å². The molecule has 1 fully saturated rings. The predicted molar refractivity (Wildman–Crippen MR) is 57.8 cm³/mol. The van der Waals surface area contributed by atoms with Gasteiger partial charge in [-0.05, 0) is 12.1 Å². The number of hydrogen-bond acceptors (Lipinski definition) is 2. The zero-order valence-corrected chi connectivity index (χ0v) is 8.73. The topological polar surface area (TPSA) is 12.5 Å². The highest BCUT2D eigenvalue weighted by Crippen LogP contribution is 2.15. The molecule has 0 bridgehead atoms. The minimum absolute atomic E-state index is 0.184. The highest BCUT2D eigenvalue weighted by atomic mass is 19.1. The first-order valence-corrected chi connectivity index (χ1v) is 5.34. The Morgan fingerprint density at radius 2 is 2.00 bits per heavy atom. The van der Waals surface area contributed by atoms with Gasteiger partial charge in [0.15, 0.2) is 0 Å². The predicted octanol–water partition coefficient (Wildman–Crippen LogP) is 1.97. The lowest BCUT2D eigenvalue weighted by Gasteiger charge is -2.37. The van der Waals surface area contributed by atoms with Crippen LogP contribution in [0.4, 0.5) is 4.39 Å². The average Bonchev–Trinajstić information content (AvgIpc) is 2.23. The molecule has 1 aliphatic rings. The van der Waals surface area contributed by atoms with Crippen molar-refractivity contribution in [2.24, 2.45) is 5.92 Å². The fraction of sp³-hybridized carbons (Fsp3) is 0.500. The third-order valence-electron chi connectivity index (χ3n) is 2.67. The molecule has 82 valence electrons. The van der Waals surface area contributed by atoms with Crippen molar-refractivity contribution < 1.29 is 9.13 Å². The molecule has 0 atom stereocenters. The van der Waals surface area contributed by atoms with Crippen LogP contribution >= 0.6 is 0 Å². The van der Waals surface area contributed by atoms with Gasteiger partial charge in [-0.3, -0.25) is 9.29 Å². The first-order chi connectivity index (χ1) is 7.38. The molecule has 0 amide bonds. The van der Waals surface area contributed by atoms with Gasteiger partial charge in [-0.25, -0.2) is 0 Å². The second-order valence-electron chi connectivity index (χ2n) is 3.94. The smallest absolute Gasteiger partial charge is 0.119 e. The number of ether oxygens (including phenoxy) is 1. The summed E-state index contributed by atoms with van der Waals surface area (Å²) >= 11 is 0. The van der Waals surface area contributed by atoms with Crippen LogP contribution in [0, 0.1) is 5.92 Å². The molecule has 1 saturated heterocycles. The number of nitrogens with zero attached hydrogens (tertiary/aromatic N) is 1. The third kappa shape index (κ3) is 2.93. The van der Waals surface area contributed by atoms with E-state index in [1.54, 1.807) is 0 Å². The number of rotatable bonds is 5. The fourth-order valence-electron chi connectivity index (χ4n) is 1.77. The molecule has 2 nitrogen and oxygen atoms in total. The van der Waals surface area contributed by atoms with Crippen molar-refractivity contribution in [3.05, 3.63) is 30.3 Å². The van der Waals surface area contributed by atoms with Crippen molar-refractivity contribution in [3.8, 4) is 5.75 Å². The van der Waals surface area contributed by atoms with E-state index in [0.717, 1.165) is 25.4 Å². The number of para-hydroxylation sites is 1. The number of benzene rings is 1. The molecule has 15 heavy (non-hydrogen) atoms. The molecule has 0 saturated carbocycles. The van der Waals surface area contributed by atoms with E-state index in [-0.39, 0.29) is 12.6 Å². The second-order valence-corrected chi connectivity index (χ2v) is 3.94. The number of likely N-dealkylation sites (tertiary alicyclic amines) is 1. The number of halogens is 1. The molecular formula is C12H16FNO. The van der Waals surface area contributed by atoms with Crippen LogP contribution in [0.15, 0.2) is 30.3 Å². The van der Waals surface area contributed by atoms with Crippen molar-refractivity contribution in [1.29, 1.82) is 0 Å². The summed E-state index contributed by atoms with van der Waals surface area (Å²) in [4.78, 5) is 2.22. The van der Waals surface area contributed by atoms with Gasteiger partial charge in [-0.1, -0.05) is 18.2 Å². The van der Waals surface area contributed by atoms with Crippen molar-refractivity contribution in [2.75, 3.05) is 32.9 Å². The second kappa shape index (κ2) is 5.12. The zero-order valence-electron chi connectivity index (χ0n) is 8.73. The number of hydrogen-bond donors (Lipinski definition) is 0. The zero-order chi connectivity index (χ0) is 10.5. The van der Waals surface area contributed by atoms with Gasteiger partial charge in [-0.2, -0.15) is 0 Å². The summed E-state index contributed by atoms with van der Waals surface area (Å²) in [5.41, 5.74) is 0. The Morgan fingerprint density at radius 1 is 1.27 bits per heavy atom. The van der Waals surface area contributed by atoms with Crippen molar-refractivity contribution in [3.63, 3.8) is 0 Å². The van der Waals surface area contributed by atoms with Gasteiger partial charge < -0.3 is 4.74 Å². The molecule has 1 aromatic carbocycles. The normalized spacial score (nSPS) is 17.4. The standard InChI is InChI=1S/C12H16FNO/c13-8-11-9-14(10-11)6-7-15-12-4-2-1-3-5-12/h1-5,11H,6-10H2. The summed E-state index contributed by atoms with van der Waals surface area (Å²) in [6.07, 6.45) is 0. The fourth-order valence-corrected chi connectivity index (χ4v) is 1.77. The summed E-state index contributed by atoms with van der Waals surface area (Å²) in [7, 11) is 0. The van der Waals surface area contributed by atoms with Crippen LogP contribution in [0.3, 0.4) is 0 Å². The van der Waals surface area contributed by atoms with Gasteiger partial charge in [-0.15, -0.1) is 0 Å². The molecule has 1 aromatic rings. The summed E-state index contributed by atoms with van der Waals surface area (Å²) in [6, 6.07) is 9.77.